The van der Waals surface area contributed by atoms with Crippen molar-refractivity contribution in [2.75, 3.05) is 0 Å². The molecule has 0 spiro atoms. The summed E-state index contributed by atoms with van der Waals surface area (Å²) in [5, 5.41) is 10.2. The maximum atomic E-state index is 10.2. The molecule has 0 aromatic rings. The van der Waals surface area contributed by atoms with Gasteiger partial charge in [0, 0.05) is 0 Å². The van der Waals surface area contributed by atoms with Crippen LogP contribution in [0.4, 0.5) is 0 Å². The van der Waals surface area contributed by atoms with Crippen LogP contribution in [0.1, 0.15) is 40.5 Å². The highest BCUT2D eigenvalue weighted by molar-refractivity contribution is 5.26. The van der Waals surface area contributed by atoms with Crippen LogP contribution in [0.2, 0.25) is 0 Å². The van der Waals surface area contributed by atoms with E-state index in [0.29, 0.717) is 12.0 Å². The summed E-state index contributed by atoms with van der Waals surface area (Å²) in [4.78, 5) is 0. The Morgan fingerprint density at radius 2 is 1.56 bits per heavy atom. The molecule has 0 aliphatic heterocycles. The molecular formula is C16H26O2. The van der Waals surface area contributed by atoms with Gasteiger partial charge in [-0.2, -0.15) is 0 Å². The van der Waals surface area contributed by atoms with Gasteiger partial charge < -0.3 is 9.84 Å². The van der Waals surface area contributed by atoms with Gasteiger partial charge in [0.2, 0.25) is 0 Å². The van der Waals surface area contributed by atoms with Crippen molar-refractivity contribution in [3.63, 3.8) is 0 Å². The molecule has 0 amide bonds. The lowest BCUT2D eigenvalue weighted by molar-refractivity contribution is -0.0834. The van der Waals surface area contributed by atoms with Crippen LogP contribution < -0.4 is 0 Å². The minimum absolute atomic E-state index is 0.0112. The van der Waals surface area contributed by atoms with E-state index in [-0.39, 0.29) is 11.7 Å². The second-order valence-corrected chi connectivity index (χ2v) is 8.35. The van der Waals surface area contributed by atoms with Crippen LogP contribution in [0, 0.1) is 41.4 Å². The standard InChI is InChI=1S/C16H26O2/c1-7-5-8-11-9(6-10(7)17)13-12(8)14(13)15(11)18-16(2,3)4/h7-15,17H,5-6H2,1-4H3/t7-,8+,9-,10-,11+,12-,13+,14-,15+/m1/s1. The lowest BCUT2D eigenvalue weighted by Gasteiger charge is -2.30. The molecule has 0 heterocycles. The molecule has 0 radical (unpaired) electrons. The van der Waals surface area contributed by atoms with Crippen molar-refractivity contribution in [1.29, 1.82) is 0 Å². The van der Waals surface area contributed by atoms with Gasteiger partial charge in [0.15, 0.2) is 0 Å². The molecule has 2 heteroatoms. The zero-order valence-electron chi connectivity index (χ0n) is 12.0. The summed E-state index contributed by atoms with van der Waals surface area (Å²) < 4.78 is 6.39. The molecule has 5 aliphatic rings. The van der Waals surface area contributed by atoms with Gasteiger partial charge in [-0.1, -0.05) is 6.92 Å². The summed E-state index contributed by atoms with van der Waals surface area (Å²) in [6.45, 7) is 8.78. The topological polar surface area (TPSA) is 29.5 Å². The summed E-state index contributed by atoms with van der Waals surface area (Å²) >= 11 is 0. The number of ether oxygens (including phenoxy) is 1. The summed E-state index contributed by atoms with van der Waals surface area (Å²) in [6.07, 6.45) is 2.74. The molecule has 5 aliphatic carbocycles. The van der Waals surface area contributed by atoms with Crippen LogP contribution in [-0.4, -0.2) is 22.9 Å². The second kappa shape index (κ2) is 3.32. The summed E-state index contributed by atoms with van der Waals surface area (Å²) in [6, 6.07) is 0. The Kier molecular flexibility index (Phi) is 2.16. The molecule has 102 valence electrons. The number of aliphatic hydroxyl groups excluding tert-OH is 1. The van der Waals surface area contributed by atoms with E-state index in [1.165, 1.54) is 6.42 Å². The highest BCUT2D eigenvalue weighted by atomic mass is 16.5. The molecule has 1 N–H and O–H groups in total. The number of rotatable bonds is 1. The quantitative estimate of drug-likeness (QED) is 0.775. The number of aliphatic hydroxyl groups is 1. The monoisotopic (exact) mass is 250 g/mol. The van der Waals surface area contributed by atoms with Crippen LogP contribution in [0.15, 0.2) is 0 Å². The zero-order chi connectivity index (χ0) is 12.8. The van der Waals surface area contributed by atoms with Gasteiger partial charge >= 0.3 is 0 Å². The van der Waals surface area contributed by atoms with Crippen molar-refractivity contribution in [3.05, 3.63) is 0 Å². The third kappa shape index (κ3) is 1.37. The molecule has 0 saturated heterocycles. The first kappa shape index (κ1) is 11.7. The van der Waals surface area contributed by atoms with E-state index in [2.05, 4.69) is 27.7 Å². The molecule has 0 unspecified atom stereocenters. The Morgan fingerprint density at radius 1 is 0.944 bits per heavy atom. The Bertz CT molecular complexity index is 348. The molecule has 9 atom stereocenters. The largest absolute Gasteiger partial charge is 0.393 e. The Hall–Kier alpha value is -0.0800. The van der Waals surface area contributed by atoms with Crippen molar-refractivity contribution < 1.29 is 9.84 Å². The van der Waals surface area contributed by atoms with Crippen LogP contribution in [0.3, 0.4) is 0 Å². The molecule has 5 fully saturated rings. The average molecular weight is 250 g/mol. The molecule has 0 aromatic heterocycles. The van der Waals surface area contributed by atoms with Crippen LogP contribution >= 0.6 is 0 Å². The summed E-state index contributed by atoms with van der Waals surface area (Å²) in [7, 11) is 0. The summed E-state index contributed by atoms with van der Waals surface area (Å²) in [5.74, 6) is 5.63. The van der Waals surface area contributed by atoms with E-state index in [1.807, 2.05) is 0 Å². The molecule has 5 rings (SSSR count). The fourth-order valence-electron chi connectivity index (χ4n) is 5.83. The van der Waals surface area contributed by atoms with Crippen molar-refractivity contribution >= 4 is 0 Å². The Morgan fingerprint density at radius 3 is 2.17 bits per heavy atom. The first-order valence-corrected chi connectivity index (χ1v) is 7.74. The minimum atomic E-state index is -0.0573. The van der Waals surface area contributed by atoms with Gasteiger partial charge in [0.05, 0.1) is 17.8 Å². The molecule has 6 bridgehead atoms. The Balaban J connectivity index is 1.61. The van der Waals surface area contributed by atoms with E-state index in [4.69, 9.17) is 4.74 Å². The van der Waals surface area contributed by atoms with Crippen molar-refractivity contribution in [1.82, 2.24) is 0 Å². The summed E-state index contributed by atoms with van der Waals surface area (Å²) in [5.41, 5.74) is -0.0112. The maximum absolute atomic E-state index is 10.2. The second-order valence-electron chi connectivity index (χ2n) is 8.35. The third-order valence-corrected chi connectivity index (χ3v) is 6.23. The SMILES string of the molecule is C[C@@H]1C[C@H]2[C@H]3[C@@H](C[C@H]1O)[C@H]1[C@@H]2[C@H]1[C@H]3OC(C)(C)C. The van der Waals surface area contributed by atoms with E-state index >= 15 is 0 Å². The predicted molar refractivity (Wildman–Crippen MR) is 70.0 cm³/mol. The van der Waals surface area contributed by atoms with Gasteiger partial charge in [-0.15, -0.1) is 0 Å². The highest BCUT2D eigenvalue weighted by Crippen LogP contribution is 2.79. The highest BCUT2D eigenvalue weighted by Gasteiger charge is 2.78. The van der Waals surface area contributed by atoms with Gasteiger partial charge in [0.1, 0.15) is 0 Å². The fraction of sp³-hybridized carbons (Fsp3) is 1.00. The molecule has 0 aromatic carbocycles. The minimum Gasteiger partial charge on any atom is -0.393 e. The third-order valence-electron chi connectivity index (χ3n) is 6.23. The van der Waals surface area contributed by atoms with Gasteiger partial charge in [-0.25, -0.2) is 0 Å². The van der Waals surface area contributed by atoms with Crippen molar-refractivity contribution in [3.8, 4) is 0 Å². The molecular weight excluding hydrogens is 224 g/mol. The predicted octanol–water partition coefficient (Wildman–Crippen LogP) is 2.70. The smallest absolute Gasteiger partial charge is 0.0649 e. The van der Waals surface area contributed by atoms with Crippen LogP contribution in [0.25, 0.3) is 0 Å². The van der Waals surface area contributed by atoms with Gasteiger partial charge in [-0.3, -0.25) is 0 Å². The van der Waals surface area contributed by atoms with Crippen LogP contribution in [0.5, 0.6) is 0 Å². The number of hydrogen-bond donors (Lipinski definition) is 1. The van der Waals surface area contributed by atoms with Crippen molar-refractivity contribution in [2.45, 2.75) is 58.3 Å². The zero-order valence-corrected chi connectivity index (χ0v) is 12.0. The fourth-order valence-corrected chi connectivity index (χ4v) is 5.83. The van der Waals surface area contributed by atoms with Gasteiger partial charge in [-0.05, 0) is 75.0 Å². The molecule has 18 heavy (non-hydrogen) atoms. The van der Waals surface area contributed by atoms with Crippen molar-refractivity contribution in [2.24, 2.45) is 41.4 Å². The van der Waals surface area contributed by atoms with Gasteiger partial charge in [0.25, 0.3) is 0 Å². The molecule has 2 nitrogen and oxygen atoms in total. The lowest BCUT2D eigenvalue weighted by Crippen LogP contribution is -2.32. The van der Waals surface area contributed by atoms with E-state index < -0.39 is 0 Å². The van der Waals surface area contributed by atoms with Crippen LogP contribution in [-0.2, 0) is 4.74 Å². The maximum Gasteiger partial charge on any atom is 0.0649 e. The number of hydrogen-bond acceptors (Lipinski definition) is 2. The normalized spacial score (nSPS) is 60.8. The molecule has 5 saturated carbocycles. The first-order valence-electron chi connectivity index (χ1n) is 7.74. The lowest BCUT2D eigenvalue weighted by atomic mass is 9.88. The van der Waals surface area contributed by atoms with E-state index in [1.54, 1.807) is 0 Å². The Labute approximate surface area is 110 Å². The first-order chi connectivity index (χ1) is 8.38. The van der Waals surface area contributed by atoms with E-state index in [9.17, 15) is 5.11 Å². The average Bonchev–Trinajstić information content (AvgIpc) is 2.71. The van der Waals surface area contributed by atoms with E-state index in [0.717, 1.165) is 41.9 Å².